The maximum atomic E-state index is 12.5. The Morgan fingerprint density at radius 2 is 1.86 bits per heavy atom. The van der Waals surface area contributed by atoms with E-state index in [9.17, 15) is 4.79 Å². The van der Waals surface area contributed by atoms with Gasteiger partial charge in [-0.15, -0.1) is 0 Å². The van der Waals surface area contributed by atoms with Crippen molar-refractivity contribution in [3.05, 3.63) is 71.3 Å². The molecule has 108 valence electrons. The molecule has 0 bridgehead atoms. The first-order chi connectivity index (χ1) is 10.3. The van der Waals surface area contributed by atoms with Crippen LogP contribution in [0.1, 0.15) is 40.9 Å². The fourth-order valence-corrected chi connectivity index (χ4v) is 2.99. The minimum Gasteiger partial charge on any atom is -0.373 e. The number of carbonyl (C=O) groups excluding carboxylic acids is 1. The van der Waals surface area contributed by atoms with Gasteiger partial charge in [-0.25, -0.2) is 0 Å². The predicted octanol–water partition coefficient (Wildman–Crippen LogP) is 4.21. The summed E-state index contributed by atoms with van der Waals surface area (Å²) in [7, 11) is 0. The summed E-state index contributed by atoms with van der Waals surface area (Å²) in [6.07, 6.45) is 1.75. The van der Waals surface area contributed by atoms with Gasteiger partial charge in [-0.1, -0.05) is 61.5 Å². The zero-order chi connectivity index (χ0) is 14.7. The molecule has 2 aromatic rings. The Morgan fingerprint density at radius 3 is 2.67 bits per heavy atom. The van der Waals surface area contributed by atoms with Crippen LogP contribution in [0.2, 0.25) is 0 Å². The smallest absolute Gasteiger partial charge is 0.165 e. The van der Waals surface area contributed by atoms with Gasteiger partial charge in [0.05, 0.1) is 12.7 Å². The van der Waals surface area contributed by atoms with E-state index in [1.54, 1.807) is 0 Å². The van der Waals surface area contributed by atoms with Crippen LogP contribution in [0.4, 0.5) is 0 Å². The Morgan fingerprint density at radius 1 is 1.14 bits per heavy atom. The van der Waals surface area contributed by atoms with Gasteiger partial charge in [0.2, 0.25) is 0 Å². The van der Waals surface area contributed by atoms with Gasteiger partial charge in [0.25, 0.3) is 0 Å². The van der Waals surface area contributed by atoms with E-state index < -0.39 is 0 Å². The zero-order valence-electron chi connectivity index (χ0n) is 12.3. The van der Waals surface area contributed by atoms with E-state index in [-0.39, 0.29) is 17.8 Å². The maximum absolute atomic E-state index is 12.5. The molecule has 21 heavy (non-hydrogen) atoms. The Balaban J connectivity index is 1.74. The summed E-state index contributed by atoms with van der Waals surface area (Å²) in [5.41, 5.74) is 3.39. The van der Waals surface area contributed by atoms with Gasteiger partial charge >= 0.3 is 0 Å². The second kappa shape index (κ2) is 6.23. The third-order valence-electron chi connectivity index (χ3n) is 4.17. The molecule has 0 spiro atoms. The molecule has 0 amide bonds. The summed E-state index contributed by atoms with van der Waals surface area (Å²) in [6.45, 7) is 2.74. The van der Waals surface area contributed by atoms with Crippen molar-refractivity contribution in [2.75, 3.05) is 6.61 Å². The highest BCUT2D eigenvalue weighted by molar-refractivity contribution is 5.97. The average molecular weight is 280 g/mol. The monoisotopic (exact) mass is 280 g/mol. The summed E-state index contributed by atoms with van der Waals surface area (Å²) in [5.74, 6) is 0.158. The van der Waals surface area contributed by atoms with Gasteiger partial charge in [-0.05, 0) is 24.0 Å². The van der Waals surface area contributed by atoms with Crippen molar-refractivity contribution >= 4 is 5.78 Å². The van der Waals surface area contributed by atoms with Crippen LogP contribution in [-0.4, -0.2) is 12.4 Å². The summed E-state index contributed by atoms with van der Waals surface area (Å²) in [6, 6.07) is 17.9. The van der Waals surface area contributed by atoms with E-state index in [2.05, 4.69) is 18.2 Å². The Kier molecular flexibility index (Phi) is 4.16. The number of rotatable bonds is 4. The lowest BCUT2D eigenvalue weighted by Gasteiger charge is -2.27. The van der Waals surface area contributed by atoms with Gasteiger partial charge in [0, 0.05) is 11.5 Å². The highest BCUT2D eigenvalue weighted by Gasteiger charge is 2.25. The summed E-state index contributed by atoms with van der Waals surface area (Å²) in [5, 5.41) is 0. The largest absolute Gasteiger partial charge is 0.373 e. The highest BCUT2D eigenvalue weighted by atomic mass is 16.5. The second-order valence-corrected chi connectivity index (χ2v) is 5.68. The second-order valence-electron chi connectivity index (χ2n) is 5.68. The topological polar surface area (TPSA) is 26.3 Å². The lowest BCUT2D eigenvalue weighted by atomic mass is 9.88. The lowest BCUT2D eigenvalue weighted by Crippen LogP contribution is -2.21. The van der Waals surface area contributed by atoms with Crippen LogP contribution in [0.5, 0.6) is 0 Å². The van der Waals surface area contributed by atoms with Crippen molar-refractivity contribution in [3.63, 3.8) is 0 Å². The van der Waals surface area contributed by atoms with Crippen molar-refractivity contribution in [1.29, 1.82) is 0 Å². The molecule has 0 aromatic heterocycles. The van der Waals surface area contributed by atoms with Gasteiger partial charge in [-0.2, -0.15) is 0 Å². The quantitative estimate of drug-likeness (QED) is 0.784. The minimum absolute atomic E-state index is 0.0384. The van der Waals surface area contributed by atoms with Crippen molar-refractivity contribution < 1.29 is 9.53 Å². The number of Topliss-reactive ketones (excluding diaryl/α,β-unsaturated/α-hetero) is 1. The molecule has 0 aliphatic carbocycles. The number of hydrogen-bond donors (Lipinski definition) is 0. The Bertz CT molecular complexity index is 618. The molecule has 2 nitrogen and oxygen atoms in total. The molecule has 0 saturated carbocycles. The molecule has 2 heteroatoms. The third-order valence-corrected chi connectivity index (χ3v) is 4.17. The number of hydrogen-bond acceptors (Lipinski definition) is 2. The molecular weight excluding hydrogens is 260 g/mol. The lowest BCUT2D eigenvalue weighted by molar-refractivity contribution is 0.0265. The fraction of sp³-hybridized carbons (Fsp3) is 0.316. The van der Waals surface area contributed by atoms with Crippen LogP contribution in [0.3, 0.4) is 0 Å². The summed E-state index contributed by atoms with van der Waals surface area (Å²) < 4.78 is 5.91. The molecule has 0 radical (unpaired) electrons. The summed E-state index contributed by atoms with van der Waals surface area (Å²) >= 11 is 0. The van der Waals surface area contributed by atoms with E-state index in [1.165, 1.54) is 11.1 Å². The first kappa shape index (κ1) is 14.0. The Hall–Kier alpha value is -1.93. The van der Waals surface area contributed by atoms with E-state index in [0.717, 1.165) is 25.0 Å². The average Bonchev–Trinajstić information content (AvgIpc) is 2.55. The van der Waals surface area contributed by atoms with Gasteiger partial charge < -0.3 is 4.74 Å². The molecule has 2 aromatic carbocycles. The summed E-state index contributed by atoms with van der Waals surface area (Å²) in [4.78, 5) is 12.5. The molecule has 1 aliphatic heterocycles. The van der Waals surface area contributed by atoms with Crippen LogP contribution in [-0.2, 0) is 11.2 Å². The van der Waals surface area contributed by atoms with Crippen LogP contribution in [0, 0.1) is 5.92 Å². The number of fused-ring (bicyclic) bond motifs is 1. The van der Waals surface area contributed by atoms with Crippen LogP contribution >= 0.6 is 0 Å². The molecule has 2 atom stereocenters. The highest BCUT2D eigenvalue weighted by Crippen LogP contribution is 2.32. The van der Waals surface area contributed by atoms with Crippen molar-refractivity contribution in [2.45, 2.75) is 25.9 Å². The molecule has 1 heterocycles. The molecule has 0 saturated heterocycles. The van der Waals surface area contributed by atoms with E-state index in [0.29, 0.717) is 0 Å². The number of ketones is 1. The van der Waals surface area contributed by atoms with Gasteiger partial charge in [0.15, 0.2) is 5.78 Å². The van der Waals surface area contributed by atoms with Crippen LogP contribution < -0.4 is 0 Å². The molecule has 0 N–H and O–H groups in total. The van der Waals surface area contributed by atoms with Crippen LogP contribution in [0.15, 0.2) is 54.6 Å². The SMILES string of the molecule is CC(CC1OCCc2ccccc21)C(=O)c1ccccc1. The molecule has 2 unspecified atom stereocenters. The molecular formula is C19H20O2. The maximum Gasteiger partial charge on any atom is 0.165 e. The van der Waals surface area contributed by atoms with E-state index >= 15 is 0 Å². The van der Waals surface area contributed by atoms with Crippen molar-refractivity contribution in [1.82, 2.24) is 0 Å². The van der Waals surface area contributed by atoms with Gasteiger partial charge in [0.1, 0.15) is 0 Å². The Labute approximate surface area is 125 Å². The number of ether oxygens (including phenoxy) is 1. The standard InChI is InChI=1S/C19H20O2/c1-14(19(20)16-8-3-2-4-9-16)13-18-17-10-6-5-7-15(17)11-12-21-18/h2-10,14,18H,11-13H2,1H3. The fourth-order valence-electron chi connectivity index (χ4n) is 2.99. The van der Waals surface area contributed by atoms with Crippen molar-refractivity contribution in [3.8, 4) is 0 Å². The molecule has 3 rings (SSSR count). The first-order valence-electron chi connectivity index (χ1n) is 7.54. The van der Waals surface area contributed by atoms with E-state index in [1.807, 2.05) is 43.3 Å². The van der Waals surface area contributed by atoms with E-state index in [4.69, 9.17) is 4.74 Å². The third kappa shape index (κ3) is 3.06. The molecule has 1 aliphatic rings. The number of benzene rings is 2. The predicted molar refractivity (Wildman–Crippen MR) is 83.4 cm³/mol. The van der Waals surface area contributed by atoms with Crippen LogP contribution in [0.25, 0.3) is 0 Å². The first-order valence-corrected chi connectivity index (χ1v) is 7.54. The zero-order valence-corrected chi connectivity index (χ0v) is 12.3. The molecule has 0 fully saturated rings. The number of carbonyl (C=O) groups is 1. The normalized spacial score (nSPS) is 18.8. The van der Waals surface area contributed by atoms with Gasteiger partial charge in [-0.3, -0.25) is 4.79 Å². The minimum atomic E-state index is -0.0384. The van der Waals surface area contributed by atoms with Crippen molar-refractivity contribution in [2.24, 2.45) is 5.92 Å².